The molecular weight excluding hydrogens is 713 g/mol. The number of nitrogens with zero attached hydrogens (tertiary/aromatic N) is 2. The second-order valence-electron chi connectivity index (χ2n) is 14.8. The molecule has 5 rings (SSSR count). The highest BCUT2D eigenvalue weighted by Crippen LogP contribution is 2.65. The summed E-state index contributed by atoms with van der Waals surface area (Å²) in [6, 6.07) is 5.63. The maximum absolute atomic E-state index is 14.1. The van der Waals surface area contributed by atoms with E-state index in [2.05, 4.69) is 27.7 Å². The van der Waals surface area contributed by atoms with Crippen molar-refractivity contribution in [2.45, 2.75) is 134 Å². The number of unbranched alkanes of at least 4 members (excludes halogenated alkanes) is 3. The van der Waals surface area contributed by atoms with Gasteiger partial charge in [0.1, 0.15) is 24.3 Å². The molecule has 14 nitrogen and oxygen atoms in total. The van der Waals surface area contributed by atoms with E-state index in [1.807, 2.05) is 38.1 Å². The van der Waals surface area contributed by atoms with Crippen molar-refractivity contribution in [3.05, 3.63) is 36.4 Å². The molecule has 2 aliphatic heterocycles. The van der Waals surface area contributed by atoms with Crippen LogP contribution in [0.3, 0.4) is 0 Å². The Hall–Kier alpha value is -3.61. The second-order valence-corrected chi connectivity index (χ2v) is 17.0. The zero-order valence-electron chi connectivity index (χ0n) is 32.0. The minimum atomic E-state index is -3.09. The summed E-state index contributed by atoms with van der Waals surface area (Å²) in [4.78, 5) is 56.3. The van der Waals surface area contributed by atoms with Crippen molar-refractivity contribution in [1.29, 1.82) is 0 Å². The van der Waals surface area contributed by atoms with Crippen LogP contribution in [-0.4, -0.2) is 91.7 Å². The van der Waals surface area contributed by atoms with E-state index in [1.54, 1.807) is 0 Å². The summed E-state index contributed by atoms with van der Waals surface area (Å²) in [5, 5.41) is 5.64. The number of primary amides is 1. The number of rotatable bonds is 19. The van der Waals surface area contributed by atoms with Crippen LogP contribution in [0.25, 0.3) is 0 Å². The van der Waals surface area contributed by atoms with Crippen molar-refractivity contribution in [3.8, 4) is 0 Å². The summed E-state index contributed by atoms with van der Waals surface area (Å²) < 4.78 is 35.4. The normalized spacial score (nSPS) is 23.7. The van der Waals surface area contributed by atoms with Crippen molar-refractivity contribution in [2.75, 3.05) is 43.1 Å². The SMILES string of the molecule is CCOP(=O)(OCC)[C@H]1C[C@H]1/C=C\CCCCC[C@H](NC(=O)OC1CCCC1)C(=O)N1C[C@H](OC(=O)Nc2ccccc2N2CCCCC2)C[C@H]1C(N)=O. The first-order chi connectivity index (χ1) is 26.1. The van der Waals surface area contributed by atoms with Gasteiger partial charge in [-0.1, -0.05) is 37.1 Å². The highest BCUT2D eigenvalue weighted by molar-refractivity contribution is 7.55. The molecular formula is C39H60N5O9P. The number of nitrogens with two attached hydrogens (primary N) is 1. The standard InChI is InChI=1S/C39H60N5O9P/c1-3-50-54(49,51-4-2)35-25-28(35)17-9-6-5-7-10-21-32(42-39(48)52-29-18-11-12-19-29)37(46)44-27-30(26-34(44)36(40)45)53-38(47)41-31-20-13-14-22-33(31)43-23-15-8-16-24-43/h9,13-14,17,20,22,28-30,32,34-35H,3-8,10-12,15-16,18-19,21,23-27H2,1-2H3,(H2,40,45)(H,41,47)(H,42,48)/b17-9-/t28-,30-,32+,34+,35+/m1/s1. The number of alkyl carbamates (subject to hydrolysis) is 1. The number of carbonyl (C=O) groups is 4. The lowest BCUT2D eigenvalue weighted by Gasteiger charge is -2.30. The number of piperidine rings is 1. The van der Waals surface area contributed by atoms with Crippen molar-refractivity contribution in [2.24, 2.45) is 11.7 Å². The van der Waals surface area contributed by atoms with Crippen LogP contribution >= 0.6 is 7.60 Å². The van der Waals surface area contributed by atoms with E-state index in [9.17, 15) is 23.7 Å². The third-order valence-electron chi connectivity index (χ3n) is 10.7. The molecule has 2 aliphatic carbocycles. The number of allylic oxidation sites excluding steroid dienone is 2. The lowest BCUT2D eigenvalue weighted by Crippen LogP contribution is -2.53. The van der Waals surface area contributed by atoms with Crippen LogP contribution in [-0.2, 0) is 32.7 Å². The number of carbonyl (C=O) groups excluding carboxylic acids is 4. The Balaban J connectivity index is 1.15. The van der Waals surface area contributed by atoms with Gasteiger partial charge in [-0.25, -0.2) is 9.59 Å². The third kappa shape index (κ3) is 11.7. The molecule has 4 aliphatic rings. The van der Waals surface area contributed by atoms with Crippen molar-refractivity contribution >= 4 is 43.0 Å². The topological polar surface area (TPSA) is 179 Å². The molecule has 2 saturated heterocycles. The smallest absolute Gasteiger partial charge is 0.412 e. The number of hydrogen-bond donors (Lipinski definition) is 3. The van der Waals surface area contributed by atoms with Crippen LogP contribution in [0, 0.1) is 5.92 Å². The maximum Gasteiger partial charge on any atom is 0.412 e. The monoisotopic (exact) mass is 773 g/mol. The summed E-state index contributed by atoms with van der Waals surface area (Å²) in [6.45, 7) is 6.11. The summed E-state index contributed by atoms with van der Waals surface area (Å²) in [7, 11) is -3.09. The van der Waals surface area contributed by atoms with E-state index >= 15 is 0 Å². The Morgan fingerprint density at radius 2 is 1.61 bits per heavy atom. The Morgan fingerprint density at radius 1 is 0.907 bits per heavy atom. The summed E-state index contributed by atoms with van der Waals surface area (Å²) in [6.07, 6.45) is 13.1. The molecule has 300 valence electrons. The molecule has 4 N–H and O–H groups in total. The number of likely N-dealkylation sites (tertiary alicyclic amines) is 1. The predicted molar refractivity (Wildman–Crippen MR) is 206 cm³/mol. The van der Waals surface area contributed by atoms with Crippen molar-refractivity contribution in [3.63, 3.8) is 0 Å². The minimum absolute atomic E-state index is 0.0318. The second kappa shape index (κ2) is 20.3. The quantitative estimate of drug-likeness (QED) is 0.0763. The number of hydrogen-bond acceptors (Lipinski definition) is 10. The van der Waals surface area contributed by atoms with E-state index in [0.29, 0.717) is 31.7 Å². The number of benzene rings is 1. The van der Waals surface area contributed by atoms with Gasteiger partial charge < -0.3 is 39.4 Å². The molecule has 2 heterocycles. The Morgan fingerprint density at radius 3 is 2.31 bits per heavy atom. The first-order valence-corrected chi connectivity index (χ1v) is 21.7. The van der Waals surface area contributed by atoms with Crippen molar-refractivity contribution < 1.29 is 42.3 Å². The van der Waals surface area contributed by atoms with Gasteiger partial charge >= 0.3 is 19.8 Å². The van der Waals surface area contributed by atoms with E-state index in [0.717, 1.165) is 83.0 Å². The molecule has 4 amide bonds. The summed E-state index contributed by atoms with van der Waals surface area (Å²) in [5.74, 6) is -0.989. The van der Waals surface area contributed by atoms with Crippen LogP contribution in [0.2, 0.25) is 0 Å². The zero-order valence-corrected chi connectivity index (χ0v) is 32.9. The lowest BCUT2D eigenvalue weighted by atomic mass is 10.0. The molecule has 0 radical (unpaired) electrons. The molecule has 1 aromatic carbocycles. The molecule has 5 atom stereocenters. The molecule has 2 saturated carbocycles. The number of para-hydroxylation sites is 2. The van der Waals surface area contributed by atoms with E-state index in [4.69, 9.17) is 24.3 Å². The fraction of sp³-hybridized carbons (Fsp3) is 0.692. The first kappa shape index (κ1) is 41.6. The molecule has 4 fully saturated rings. The van der Waals surface area contributed by atoms with E-state index < -0.39 is 49.8 Å². The van der Waals surface area contributed by atoms with Crippen LogP contribution < -0.4 is 21.3 Å². The fourth-order valence-electron chi connectivity index (χ4n) is 7.89. The minimum Gasteiger partial charge on any atom is -0.446 e. The van der Waals surface area contributed by atoms with E-state index in [-0.39, 0.29) is 30.6 Å². The van der Waals surface area contributed by atoms with Gasteiger partial charge in [0.2, 0.25) is 11.8 Å². The maximum atomic E-state index is 14.1. The van der Waals surface area contributed by atoms with Crippen molar-refractivity contribution in [1.82, 2.24) is 10.2 Å². The summed E-state index contributed by atoms with van der Waals surface area (Å²) >= 11 is 0. The molecule has 0 aromatic heterocycles. The molecule has 1 aromatic rings. The number of ether oxygens (including phenoxy) is 2. The van der Waals surface area contributed by atoms with Crippen LogP contribution in [0.15, 0.2) is 36.4 Å². The molecule has 0 bridgehead atoms. The van der Waals surface area contributed by atoms with Gasteiger partial charge in [-0.05, 0) is 103 Å². The lowest BCUT2D eigenvalue weighted by molar-refractivity contribution is -0.139. The largest absolute Gasteiger partial charge is 0.446 e. The highest BCUT2D eigenvalue weighted by atomic mass is 31.2. The fourth-order valence-corrected chi connectivity index (χ4v) is 10.1. The number of nitrogens with one attached hydrogen (secondary N) is 2. The van der Waals surface area contributed by atoms with Gasteiger partial charge in [-0.2, -0.15) is 0 Å². The number of amides is 4. The van der Waals surface area contributed by atoms with Gasteiger partial charge in [0, 0.05) is 19.5 Å². The number of anilines is 2. The molecule has 15 heteroatoms. The van der Waals surface area contributed by atoms with Crippen LogP contribution in [0.1, 0.15) is 104 Å². The van der Waals surface area contributed by atoms with Gasteiger partial charge in [0.05, 0.1) is 36.8 Å². The molecule has 0 spiro atoms. The van der Waals surface area contributed by atoms with Gasteiger partial charge in [0.15, 0.2) is 0 Å². The Kier molecular flexibility index (Phi) is 15.7. The summed E-state index contributed by atoms with van der Waals surface area (Å²) in [5.41, 5.74) is 7.23. The molecule has 0 unspecified atom stereocenters. The zero-order chi connectivity index (χ0) is 38.5. The Labute approximate surface area is 319 Å². The van der Waals surface area contributed by atoms with Crippen LogP contribution in [0.4, 0.5) is 21.0 Å². The average molecular weight is 774 g/mol. The van der Waals surface area contributed by atoms with Gasteiger partial charge in [-0.15, -0.1) is 0 Å². The Bertz CT molecular complexity index is 1490. The highest BCUT2D eigenvalue weighted by Gasteiger charge is 2.51. The average Bonchev–Trinajstić information content (AvgIpc) is 3.53. The first-order valence-electron chi connectivity index (χ1n) is 20.1. The van der Waals surface area contributed by atoms with E-state index in [1.165, 1.54) is 11.3 Å². The predicted octanol–water partition coefficient (Wildman–Crippen LogP) is 6.88. The molecule has 54 heavy (non-hydrogen) atoms. The third-order valence-corrected chi connectivity index (χ3v) is 13.4. The van der Waals surface area contributed by atoms with Gasteiger partial charge in [0.25, 0.3) is 0 Å². The van der Waals surface area contributed by atoms with Gasteiger partial charge in [-0.3, -0.25) is 19.5 Å². The van der Waals surface area contributed by atoms with Crippen LogP contribution in [0.5, 0.6) is 0 Å².